The summed E-state index contributed by atoms with van der Waals surface area (Å²) < 4.78 is 1.48. The first-order chi connectivity index (χ1) is 10.6. The highest BCUT2D eigenvalue weighted by atomic mass is 16.1. The smallest absolute Gasteiger partial charge is 0.267 e. The normalized spacial score (nSPS) is 12.0. The van der Waals surface area contributed by atoms with Gasteiger partial charge in [0.2, 0.25) is 0 Å². The van der Waals surface area contributed by atoms with Crippen molar-refractivity contribution in [3.05, 3.63) is 70.3 Å². The molecular weight excluding hydrogens is 276 g/mol. The number of para-hydroxylation sites is 1. The second-order valence-electron chi connectivity index (χ2n) is 5.05. The van der Waals surface area contributed by atoms with E-state index in [2.05, 4.69) is 11.1 Å². The van der Waals surface area contributed by atoms with Crippen LogP contribution in [0.2, 0.25) is 0 Å². The van der Waals surface area contributed by atoms with Crippen LogP contribution in [-0.4, -0.2) is 9.55 Å². The Labute approximate surface area is 127 Å². The standard InChI is InChI=1S/C17H14N4O/c1-11(19)16-20-14-9-5-6-12(10-18)15(14)17(22)21(16)13-7-3-2-4-8-13/h2-9,11H,19H2,1H3/t11-/m0/s1. The van der Waals surface area contributed by atoms with Crippen molar-refractivity contribution in [3.8, 4) is 11.8 Å². The molecule has 0 saturated carbocycles. The van der Waals surface area contributed by atoms with Crippen LogP contribution in [0, 0.1) is 11.3 Å². The molecule has 0 aliphatic rings. The highest BCUT2D eigenvalue weighted by Crippen LogP contribution is 2.18. The van der Waals surface area contributed by atoms with Crippen molar-refractivity contribution >= 4 is 10.9 Å². The third kappa shape index (κ3) is 2.16. The van der Waals surface area contributed by atoms with Crippen LogP contribution in [-0.2, 0) is 0 Å². The zero-order valence-electron chi connectivity index (χ0n) is 12.0. The fraction of sp³-hybridized carbons (Fsp3) is 0.118. The molecule has 5 nitrogen and oxygen atoms in total. The molecule has 3 aromatic rings. The Kier molecular flexibility index (Phi) is 3.45. The Bertz CT molecular complexity index is 937. The van der Waals surface area contributed by atoms with Crippen LogP contribution < -0.4 is 11.3 Å². The number of nitrogens with zero attached hydrogens (tertiary/aromatic N) is 3. The van der Waals surface area contributed by atoms with E-state index in [4.69, 9.17) is 5.73 Å². The molecule has 0 spiro atoms. The Hall–Kier alpha value is -2.97. The summed E-state index contributed by atoms with van der Waals surface area (Å²) in [6.45, 7) is 1.78. The van der Waals surface area contributed by atoms with Gasteiger partial charge < -0.3 is 5.73 Å². The number of fused-ring (bicyclic) bond motifs is 1. The first-order valence-electron chi connectivity index (χ1n) is 6.90. The second-order valence-corrected chi connectivity index (χ2v) is 5.05. The zero-order valence-corrected chi connectivity index (χ0v) is 12.0. The van der Waals surface area contributed by atoms with Crippen LogP contribution in [0.1, 0.15) is 24.4 Å². The fourth-order valence-corrected chi connectivity index (χ4v) is 2.47. The van der Waals surface area contributed by atoms with Crippen molar-refractivity contribution in [1.82, 2.24) is 9.55 Å². The summed E-state index contributed by atoms with van der Waals surface area (Å²) in [7, 11) is 0. The van der Waals surface area contributed by atoms with Crippen LogP contribution in [0.4, 0.5) is 0 Å². The minimum Gasteiger partial charge on any atom is -0.322 e. The van der Waals surface area contributed by atoms with Gasteiger partial charge in [-0.3, -0.25) is 9.36 Å². The van der Waals surface area contributed by atoms with Crippen molar-refractivity contribution in [2.75, 3.05) is 0 Å². The summed E-state index contributed by atoms with van der Waals surface area (Å²) in [6, 6.07) is 15.9. The molecule has 0 aliphatic carbocycles. The monoisotopic (exact) mass is 290 g/mol. The molecule has 108 valence electrons. The second kappa shape index (κ2) is 5.43. The molecule has 0 saturated heterocycles. The van der Waals surface area contributed by atoms with Crippen LogP contribution in [0.25, 0.3) is 16.6 Å². The number of nitrogens with two attached hydrogens (primary N) is 1. The van der Waals surface area contributed by atoms with E-state index >= 15 is 0 Å². The van der Waals surface area contributed by atoms with Crippen LogP contribution >= 0.6 is 0 Å². The van der Waals surface area contributed by atoms with E-state index < -0.39 is 6.04 Å². The molecule has 0 amide bonds. The first-order valence-corrected chi connectivity index (χ1v) is 6.90. The highest BCUT2D eigenvalue weighted by Gasteiger charge is 2.17. The quantitative estimate of drug-likeness (QED) is 0.784. The maximum absolute atomic E-state index is 13.0. The van der Waals surface area contributed by atoms with Gasteiger partial charge in [-0.05, 0) is 31.2 Å². The van der Waals surface area contributed by atoms with Crippen LogP contribution in [0.3, 0.4) is 0 Å². The minimum atomic E-state index is -0.414. The number of benzene rings is 2. The third-order valence-corrected chi connectivity index (χ3v) is 3.47. The molecule has 0 fully saturated rings. The zero-order chi connectivity index (χ0) is 15.7. The van der Waals surface area contributed by atoms with Crippen LogP contribution in [0.5, 0.6) is 0 Å². The number of aromatic nitrogens is 2. The van der Waals surface area contributed by atoms with Gasteiger partial charge in [-0.1, -0.05) is 24.3 Å². The van der Waals surface area contributed by atoms with Gasteiger partial charge >= 0.3 is 0 Å². The molecule has 1 aromatic heterocycles. The fourth-order valence-electron chi connectivity index (χ4n) is 2.47. The number of hydrogen-bond donors (Lipinski definition) is 1. The number of hydrogen-bond acceptors (Lipinski definition) is 4. The Morgan fingerprint density at radius 2 is 1.91 bits per heavy atom. The Morgan fingerprint density at radius 3 is 2.55 bits per heavy atom. The van der Waals surface area contributed by atoms with Crippen molar-refractivity contribution in [2.45, 2.75) is 13.0 Å². The number of rotatable bonds is 2. The molecule has 5 heteroatoms. The Morgan fingerprint density at radius 1 is 1.18 bits per heavy atom. The molecule has 0 aliphatic heterocycles. The topological polar surface area (TPSA) is 84.7 Å². The summed E-state index contributed by atoms with van der Waals surface area (Å²) in [4.78, 5) is 17.5. The van der Waals surface area contributed by atoms with Crippen molar-refractivity contribution in [3.63, 3.8) is 0 Å². The van der Waals surface area contributed by atoms with Gasteiger partial charge in [0.05, 0.1) is 28.2 Å². The van der Waals surface area contributed by atoms with Gasteiger partial charge in [0.15, 0.2) is 0 Å². The average molecular weight is 290 g/mol. The van der Waals surface area contributed by atoms with Gasteiger partial charge in [0.1, 0.15) is 11.9 Å². The summed E-state index contributed by atoms with van der Waals surface area (Å²) in [5, 5.41) is 9.57. The highest BCUT2D eigenvalue weighted by molar-refractivity contribution is 5.84. The van der Waals surface area contributed by atoms with Gasteiger partial charge in [-0.2, -0.15) is 5.26 Å². The van der Waals surface area contributed by atoms with Crippen molar-refractivity contribution in [1.29, 1.82) is 5.26 Å². The van der Waals surface area contributed by atoms with E-state index in [1.165, 1.54) is 4.57 Å². The number of nitriles is 1. The molecule has 1 heterocycles. The lowest BCUT2D eigenvalue weighted by molar-refractivity contribution is 0.696. The third-order valence-electron chi connectivity index (χ3n) is 3.47. The van der Waals surface area contributed by atoms with Crippen molar-refractivity contribution in [2.24, 2.45) is 5.73 Å². The summed E-state index contributed by atoms with van der Waals surface area (Å²) >= 11 is 0. The average Bonchev–Trinajstić information content (AvgIpc) is 2.54. The SMILES string of the molecule is C[C@H](N)c1nc2cccc(C#N)c2c(=O)n1-c1ccccc1. The maximum Gasteiger partial charge on any atom is 0.267 e. The van der Waals surface area contributed by atoms with Crippen LogP contribution in [0.15, 0.2) is 53.3 Å². The molecule has 3 rings (SSSR count). The van der Waals surface area contributed by atoms with Gasteiger partial charge in [-0.25, -0.2) is 4.98 Å². The van der Waals surface area contributed by atoms with E-state index in [1.807, 2.05) is 30.3 Å². The van der Waals surface area contributed by atoms with E-state index in [0.717, 1.165) is 0 Å². The van der Waals surface area contributed by atoms with E-state index in [-0.39, 0.29) is 5.56 Å². The molecule has 0 unspecified atom stereocenters. The molecular formula is C17H14N4O. The first kappa shape index (κ1) is 14.0. The van der Waals surface area contributed by atoms with E-state index in [1.54, 1.807) is 25.1 Å². The molecule has 2 N–H and O–H groups in total. The van der Waals surface area contributed by atoms with Gasteiger partial charge in [0, 0.05) is 0 Å². The summed E-state index contributed by atoms with van der Waals surface area (Å²) in [5.74, 6) is 0.471. The lowest BCUT2D eigenvalue weighted by atomic mass is 10.1. The molecule has 0 bridgehead atoms. The molecule has 0 radical (unpaired) electrons. The minimum absolute atomic E-state index is 0.277. The summed E-state index contributed by atoms with van der Waals surface area (Å²) in [6.07, 6.45) is 0. The summed E-state index contributed by atoms with van der Waals surface area (Å²) in [5.41, 5.74) is 7.21. The lowest BCUT2D eigenvalue weighted by Crippen LogP contribution is -2.27. The molecule has 1 atom stereocenters. The van der Waals surface area contributed by atoms with Crippen molar-refractivity contribution < 1.29 is 0 Å². The predicted molar refractivity (Wildman–Crippen MR) is 84.7 cm³/mol. The lowest BCUT2D eigenvalue weighted by Gasteiger charge is -2.16. The van der Waals surface area contributed by atoms with E-state index in [0.29, 0.717) is 28.0 Å². The molecule has 22 heavy (non-hydrogen) atoms. The largest absolute Gasteiger partial charge is 0.322 e. The van der Waals surface area contributed by atoms with Gasteiger partial charge in [-0.15, -0.1) is 0 Å². The Balaban J connectivity index is 2.50. The van der Waals surface area contributed by atoms with Gasteiger partial charge in [0.25, 0.3) is 5.56 Å². The maximum atomic E-state index is 13.0. The van der Waals surface area contributed by atoms with E-state index in [9.17, 15) is 10.1 Å². The predicted octanol–water partition coefficient (Wildman–Crippen LogP) is 2.28. The molecule has 2 aromatic carbocycles.